The summed E-state index contributed by atoms with van der Waals surface area (Å²) in [5.74, 6) is 1.82. The third-order valence-corrected chi connectivity index (χ3v) is 6.39. The van der Waals surface area contributed by atoms with E-state index in [-0.39, 0.29) is 5.91 Å². The zero-order valence-corrected chi connectivity index (χ0v) is 14.1. The van der Waals surface area contributed by atoms with Gasteiger partial charge in [-0.3, -0.25) is 4.79 Å². The minimum Gasteiger partial charge on any atom is -0.371 e. The average molecular weight is 326 g/mol. The predicted octanol–water partition coefficient (Wildman–Crippen LogP) is 1.05. The lowest BCUT2D eigenvalue weighted by atomic mass is 10.0. The lowest BCUT2D eigenvalue weighted by molar-refractivity contribution is 0.0674. The molecule has 5 rings (SSSR count). The highest BCUT2D eigenvalue weighted by molar-refractivity contribution is 5.99. The van der Waals surface area contributed by atoms with E-state index in [9.17, 15) is 4.79 Å². The Morgan fingerprint density at radius 2 is 1.88 bits per heavy atom. The van der Waals surface area contributed by atoms with Crippen molar-refractivity contribution in [2.45, 2.75) is 25.4 Å². The lowest BCUT2D eigenvalue weighted by Crippen LogP contribution is -2.46. The average Bonchev–Trinajstić information content (AvgIpc) is 3.29. The molecule has 4 aliphatic rings. The van der Waals surface area contributed by atoms with Gasteiger partial charge in [-0.25, -0.2) is 0 Å². The molecule has 3 unspecified atom stereocenters. The molecule has 3 fully saturated rings. The van der Waals surface area contributed by atoms with Gasteiger partial charge in [-0.2, -0.15) is 0 Å². The van der Waals surface area contributed by atoms with Crippen molar-refractivity contribution in [2.75, 3.05) is 44.2 Å². The number of nitrogens with one attached hydrogen (secondary N) is 2. The standard InChI is InChI=1S/C19H26N4O/c24-19-18-4-3-16(22-10-14-7-21-8-15(14)11-22)6-13(18)12-23(19)17-2-1-5-20-9-17/h3-4,6,14-15,17,20-21H,1-2,5,7-12H2. The van der Waals surface area contributed by atoms with Crippen molar-refractivity contribution in [1.82, 2.24) is 15.5 Å². The minimum atomic E-state index is 0.229. The number of carbonyl (C=O) groups excluding carboxylic acids is 1. The molecule has 1 amide bonds. The van der Waals surface area contributed by atoms with Crippen LogP contribution >= 0.6 is 0 Å². The normalized spacial score (nSPS) is 32.3. The Kier molecular flexibility index (Phi) is 3.52. The number of anilines is 1. The van der Waals surface area contributed by atoms with E-state index in [1.807, 2.05) is 0 Å². The Morgan fingerprint density at radius 3 is 2.62 bits per heavy atom. The quantitative estimate of drug-likeness (QED) is 0.853. The molecule has 2 N–H and O–H groups in total. The maximum Gasteiger partial charge on any atom is 0.254 e. The lowest BCUT2D eigenvalue weighted by Gasteiger charge is -2.31. The topological polar surface area (TPSA) is 47.6 Å². The van der Waals surface area contributed by atoms with Gasteiger partial charge in [0.1, 0.15) is 0 Å². The second-order valence-corrected chi connectivity index (χ2v) is 7.86. The van der Waals surface area contributed by atoms with Crippen molar-refractivity contribution >= 4 is 11.6 Å². The van der Waals surface area contributed by atoms with Gasteiger partial charge in [0, 0.05) is 56.6 Å². The summed E-state index contributed by atoms with van der Waals surface area (Å²) in [4.78, 5) is 17.4. The van der Waals surface area contributed by atoms with Gasteiger partial charge in [0.2, 0.25) is 0 Å². The number of hydrogen-bond donors (Lipinski definition) is 2. The molecule has 4 aliphatic heterocycles. The summed E-state index contributed by atoms with van der Waals surface area (Å²) in [6, 6.07) is 6.86. The molecule has 3 saturated heterocycles. The minimum absolute atomic E-state index is 0.229. The van der Waals surface area contributed by atoms with Crippen LogP contribution in [0, 0.1) is 11.8 Å². The molecule has 1 aromatic carbocycles. The Labute approximate surface area is 143 Å². The smallest absolute Gasteiger partial charge is 0.254 e. The zero-order valence-electron chi connectivity index (χ0n) is 14.1. The van der Waals surface area contributed by atoms with Crippen LogP contribution in [0.1, 0.15) is 28.8 Å². The Morgan fingerprint density at radius 1 is 1.04 bits per heavy atom. The number of amides is 1. The monoisotopic (exact) mass is 326 g/mol. The van der Waals surface area contributed by atoms with Crippen LogP contribution in [0.4, 0.5) is 5.69 Å². The fraction of sp³-hybridized carbons (Fsp3) is 0.632. The predicted molar refractivity (Wildman–Crippen MR) is 94.3 cm³/mol. The van der Waals surface area contributed by atoms with E-state index >= 15 is 0 Å². The summed E-state index contributed by atoms with van der Waals surface area (Å²) in [6.07, 6.45) is 2.29. The summed E-state index contributed by atoms with van der Waals surface area (Å²) in [5.41, 5.74) is 3.45. The van der Waals surface area contributed by atoms with E-state index in [0.29, 0.717) is 6.04 Å². The first-order valence-electron chi connectivity index (χ1n) is 9.40. The van der Waals surface area contributed by atoms with Crippen LogP contribution in [0.5, 0.6) is 0 Å². The first kappa shape index (κ1) is 14.7. The van der Waals surface area contributed by atoms with Gasteiger partial charge in [0.15, 0.2) is 0 Å². The van der Waals surface area contributed by atoms with E-state index in [1.54, 1.807) is 0 Å². The number of carbonyl (C=O) groups is 1. The van der Waals surface area contributed by atoms with Crippen LogP contribution < -0.4 is 15.5 Å². The van der Waals surface area contributed by atoms with E-state index in [1.165, 1.54) is 17.7 Å². The summed E-state index contributed by atoms with van der Waals surface area (Å²) in [6.45, 7) is 7.44. The summed E-state index contributed by atoms with van der Waals surface area (Å²) in [5, 5.41) is 6.93. The summed E-state index contributed by atoms with van der Waals surface area (Å²) in [7, 11) is 0. The maximum atomic E-state index is 12.8. The van der Waals surface area contributed by atoms with Gasteiger partial charge >= 0.3 is 0 Å². The molecule has 0 bridgehead atoms. The molecule has 0 spiro atoms. The molecule has 4 heterocycles. The van der Waals surface area contributed by atoms with Crippen LogP contribution in [0.15, 0.2) is 18.2 Å². The number of benzene rings is 1. The second kappa shape index (κ2) is 5.74. The van der Waals surface area contributed by atoms with Crippen molar-refractivity contribution in [3.63, 3.8) is 0 Å². The van der Waals surface area contributed by atoms with Crippen molar-refractivity contribution in [1.29, 1.82) is 0 Å². The van der Waals surface area contributed by atoms with Crippen molar-refractivity contribution < 1.29 is 4.79 Å². The van der Waals surface area contributed by atoms with E-state index < -0.39 is 0 Å². The number of fused-ring (bicyclic) bond motifs is 2. The SMILES string of the molecule is O=C1c2ccc(N3CC4CNCC4C3)cc2CN1C1CCCNC1. The molecule has 24 heavy (non-hydrogen) atoms. The fourth-order valence-corrected chi connectivity index (χ4v) is 4.99. The zero-order chi connectivity index (χ0) is 16.1. The van der Waals surface area contributed by atoms with E-state index in [2.05, 4.69) is 38.6 Å². The molecule has 0 saturated carbocycles. The van der Waals surface area contributed by atoms with E-state index in [0.717, 1.165) is 69.6 Å². The van der Waals surface area contributed by atoms with Gasteiger partial charge in [-0.05, 0) is 55.0 Å². The highest BCUT2D eigenvalue weighted by Gasteiger charge is 2.37. The third kappa shape index (κ3) is 2.33. The molecule has 5 heteroatoms. The highest BCUT2D eigenvalue weighted by Crippen LogP contribution is 2.34. The number of hydrogen-bond acceptors (Lipinski definition) is 4. The van der Waals surface area contributed by atoms with Crippen molar-refractivity contribution in [2.24, 2.45) is 11.8 Å². The first-order chi connectivity index (χ1) is 11.8. The van der Waals surface area contributed by atoms with Gasteiger partial charge in [0.05, 0.1) is 0 Å². The van der Waals surface area contributed by atoms with Crippen molar-refractivity contribution in [3.05, 3.63) is 29.3 Å². The van der Waals surface area contributed by atoms with Gasteiger partial charge in [-0.15, -0.1) is 0 Å². The van der Waals surface area contributed by atoms with Crippen LogP contribution in [0.2, 0.25) is 0 Å². The molecular weight excluding hydrogens is 300 g/mol. The number of rotatable bonds is 2. The van der Waals surface area contributed by atoms with Crippen LogP contribution in [-0.2, 0) is 6.54 Å². The van der Waals surface area contributed by atoms with Crippen LogP contribution in [0.3, 0.4) is 0 Å². The summed E-state index contributed by atoms with van der Waals surface area (Å²) < 4.78 is 0. The molecule has 0 aliphatic carbocycles. The molecule has 5 nitrogen and oxygen atoms in total. The molecular formula is C19H26N4O. The fourth-order valence-electron chi connectivity index (χ4n) is 4.99. The van der Waals surface area contributed by atoms with Gasteiger partial charge in [0.25, 0.3) is 5.91 Å². The molecule has 128 valence electrons. The Hall–Kier alpha value is -1.59. The van der Waals surface area contributed by atoms with Crippen LogP contribution in [0.25, 0.3) is 0 Å². The van der Waals surface area contributed by atoms with Crippen molar-refractivity contribution in [3.8, 4) is 0 Å². The Bertz CT molecular complexity index is 643. The summed E-state index contributed by atoms with van der Waals surface area (Å²) >= 11 is 0. The third-order valence-electron chi connectivity index (χ3n) is 6.39. The molecule has 0 aromatic heterocycles. The second-order valence-electron chi connectivity index (χ2n) is 7.86. The van der Waals surface area contributed by atoms with E-state index in [4.69, 9.17) is 0 Å². The molecule has 1 aromatic rings. The Balaban J connectivity index is 1.35. The molecule has 0 radical (unpaired) electrons. The van der Waals surface area contributed by atoms with Gasteiger partial charge < -0.3 is 20.4 Å². The first-order valence-corrected chi connectivity index (χ1v) is 9.40. The largest absolute Gasteiger partial charge is 0.371 e. The maximum absolute atomic E-state index is 12.8. The van der Waals surface area contributed by atoms with Gasteiger partial charge in [-0.1, -0.05) is 0 Å². The molecule has 3 atom stereocenters. The number of piperidine rings is 1. The highest BCUT2D eigenvalue weighted by atomic mass is 16.2. The number of nitrogens with zero attached hydrogens (tertiary/aromatic N) is 2. The van der Waals surface area contributed by atoms with Crippen LogP contribution in [-0.4, -0.2) is 56.1 Å².